The highest BCUT2D eigenvalue weighted by atomic mass is 16.2. The zero-order valence-electron chi connectivity index (χ0n) is 16.8. The molecule has 2 aromatic rings. The van der Waals surface area contributed by atoms with Gasteiger partial charge in [0, 0.05) is 59.6 Å². The molecule has 0 saturated carbocycles. The Kier molecular flexibility index (Phi) is 7.23. The van der Waals surface area contributed by atoms with E-state index in [1.807, 2.05) is 38.4 Å². The van der Waals surface area contributed by atoms with Gasteiger partial charge in [0.25, 0.3) is 5.91 Å². The fourth-order valence-electron chi connectivity index (χ4n) is 2.56. The second kappa shape index (κ2) is 9.62. The summed E-state index contributed by atoms with van der Waals surface area (Å²) in [5.41, 5.74) is 4.13. The van der Waals surface area contributed by atoms with Crippen LogP contribution in [-0.4, -0.2) is 52.0 Å². The minimum atomic E-state index is 0.00643. The fraction of sp³-hybridized carbons (Fsp3) is 0.333. The minimum absolute atomic E-state index is 0.00643. The van der Waals surface area contributed by atoms with Crippen LogP contribution in [0.25, 0.3) is 0 Å². The van der Waals surface area contributed by atoms with Gasteiger partial charge in [0.15, 0.2) is 5.96 Å². The molecule has 6 heteroatoms. The van der Waals surface area contributed by atoms with Crippen molar-refractivity contribution in [2.45, 2.75) is 13.1 Å². The van der Waals surface area contributed by atoms with Gasteiger partial charge in [-0.15, -0.1) is 0 Å². The van der Waals surface area contributed by atoms with Gasteiger partial charge in [0.2, 0.25) is 0 Å². The molecule has 6 nitrogen and oxygen atoms in total. The Bertz CT molecular complexity index is 781. The molecular weight excluding hydrogens is 338 g/mol. The summed E-state index contributed by atoms with van der Waals surface area (Å²) in [6.45, 7) is 1.32. The topological polar surface area (TPSA) is 60.0 Å². The maximum absolute atomic E-state index is 11.9. The van der Waals surface area contributed by atoms with Crippen LogP contribution >= 0.6 is 0 Å². The average molecular weight is 367 g/mol. The predicted octanol–water partition coefficient (Wildman–Crippen LogP) is 2.32. The van der Waals surface area contributed by atoms with Crippen LogP contribution in [0.15, 0.2) is 53.5 Å². The minimum Gasteiger partial charge on any atom is -0.378 e. The van der Waals surface area contributed by atoms with E-state index in [2.05, 4.69) is 44.8 Å². The van der Waals surface area contributed by atoms with Crippen molar-refractivity contribution in [1.29, 1.82) is 0 Å². The molecule has 2 aromatic carbocycles. The third kappa shape index (κ3) is 6.02. The Morgan fingerprint density at radius 2 is 1.56 bits per heavy atom. The maximum atomic E-state index is 11.9. The summed E-state index contributed by atoms with van der Waals surface area (Å²) >= 11 is 0. The Morgan fingerprint density at radius 1 is 0.926 bits per heavy atom. The number of aliphatic imine (C=N–C) groups is 1. The summed E-state index contributed by atoms with van der Waals surface area (Å²) in [5, 5.41) is 6.62. The number of hydrogen-bond acceptors (Lipinski definition) is 3. The Morgan fingerprint density at radius 3 is 2.11 bits per heavy atom. The quantitative estimate of drug-likeness (QED) is 0.608. The van der Waals surface area contributed by atoms with Crippen molar-refractivity contribution in [3.05, 3.63) is 65.2 Å². The van der Waals surface area contributed by atoms with E-state index in [1.54, 1.807) is 26.0 Å². The number of hydrogen-bond donors (Lipinski definition) is 2. The largest absolute Gasteiger partial charge is 0.378 e. The van der Waals surface area contributed by atoms with Crippen LogP contribution in [0.1, 0.15) is 21.5 Å². The third-order valence-corrected chi connectivity index (χ3v) is 4.18. The summed E-state index contributed by atoms with van der Waals surface area (Å²) in [6.07, 6.45) is 0. The Labute approximate surface area is 161 Å². The number of carbonyl (C=O) groups is 1. The van der Waals surface area contributed by atoms with Gasteiger partial charge in [-0.1, -0.05) is 24.3 Å². The Balaban J connectivity index is 1.88. The highest BCUT2D eigenvalue weighted by Crippen LogP contribution is 2.13. The first kappa shape index (κ1) is 20.3. The van der Waals surface area contributed by atoms with E-state index in [4.69, 9.17) is 0 Å². The first-order valence-corrected chi connectivity index (χ1v) is 8.92. The lowest BCUT2D eigenvalue weighted by molar-refractivity contribution is 0.0827. The van der Waals surface area contributed by atoms with E-state index in [9.17, 15) is 4.79 Å². The van der Waals surface area contributed by atoms with E-state index in [1.165, 1.54) is 11.3 Å². The zero-order chi connectivity index (χ0) is 19.8. The average Bonchev–Trinajstić information content (AvgIpc) is 2.68. The van der Waals surface area contributed by atoms with Gasteiger partial charge >= 0.3 is 0 Å². The smallest absolute Gasteiger partial charge is 0.253 e. The van der Waals surface area contributed by atoms with Gasteiger partial charge in [0.05, 0.1) is 0 Å². The number of rotatable bonds is 6. The van der Waals surface area contributed by atoms with E-state index >= 15 is 0 Å². The number of nitrogens with zero attached hydrogens (tertiary/aromatic N) is 3. The number of benzene rings is 2. The highest BCUT2D eigenvalue weighted by Gasteiger charge is 2.07. The molecular formula is C21H29N5O. The van der Waals surface area contributed by atoms with Gasteiger partial charge < -0.3 is 20.4 Å². The molecule has 0 spiro atoms. The molecule has 2 rings (SSSR count). The molecule has 0 aliphatic rings. The summed E-state index contributed by atoms with van der Waals surface area (Å²) in [7, 11) is 9.32. The normalized spacial score (nSPS) is 11.1. The van der Waals surface area contributed by atoms with Crippen molar-refractivity contribution in [2.24, 2.45) is 4.99 Å². The summed E-state index contributed by atoms with van der Waals surface area (Å²) in [6, 6.07) is 16.0. The van der Waals surface area contributed by atoms with Gasteiger partial charge in [-0.3, -0.25) is 9.79 Å². The standard InChI is InChI=1S/C21H29N5O/c1-22-21(24-15-17-7-6-8-19(13-17)25(2)3)23-14-16-9-11-18(12-10-16)20(27)26(4)5/h6-13H,14-15H2,1-5H3,(H2,22,23,24). The molecule has 27 heavy (non-hydrogen) atoms. The molecule has 0 heterocycles. The predicted molar refractivity (Wildman–Crippen MR) is 112 cm³/mol. The lowest BCUT2D eigenvalue weighted by Gasteiger charge is -2.15. The van der Waals surface area contributed by atoms with Gasteiger partial charge in [0.1, 0.15) is 0 Å². The van der Waals surface area contributed by atoms with Crippen molar-refractivity contribution >= 4 is 17.6 Å². The van der Waals surface area contributed by atoms with Crippen molar-refractivity contribution in [2.75, 3.05) is 40.1 Å². The van der Waals surface area contributed by atoms with Crippen molar-refractivity contribution in [3.63, 3.8) is 0 Å². The molecule has 0 radical (unpaired) electrons. The van der Waals surface area contributed by atoms with Crippen molar-refractivity contribution in [1.82, 2.24) is 15.5 Å². The third-order valence-electron chi connectivity index (χ3n) is 4.18. The van der Waals surface area contributed by atoms with E-state index < -0.39 is 0 Å². The number of anilines is 1. The second-order valence-electron chi connectivity index (χ2n) is 6.74. The molecule has 0 atom stereocenters. The molecule has 1 amide bonds. The van der Waals surface area contributed by atoms with Crippen LogP contribution in [0, 0.1) is 0 Å². The molecule has 0 fully saturated rings. The molecule has 0 unspecified atom stereocenters. The summed E-state index contributed by atoms with van der Waals surface area (Å²) in [5.74, 6) is 0.741. The van der Waals surface area contributed by atoms with Gasteiger partial charge in [-0.05, 0) is 35.4 Å². The van der Waals surface area contributed by atoms with Gasteiger partial charge in [-0.2, -0.15) is 0 Å². The maximum Gasteiger partial charge on any atom is 0.253 e. The molecule has 0 bridgehead atoms. The zero-order valence-corrected chi connectivity index (χ0v) is 16.8. The van der Waals surface area contributed by atoms with Crippen LogP contribution in [0.2, 0.25) is 0 Å². The number of guanidine groups is 1. The lowest BCUT2D eigenvalue weighted by Crippen LogP contribution is -2.36. The first-order valence-electron chi connectivity index (χ1n) is 8.92. The van der Waals surface area contributed by atoms with Crippen LogP contribution in [0.4, 0.5) is 5.69 Å². The van der Waals surface area contributed by atoms with Gasteiger partial charge in [-0.25, -0.2) is 0 Å². The monoisotopic (exact) mass is 367 g/mol. The lowest BCUT2D eigenvalue weighted by atomic mass is 10.1. The fourth-order valence-corrected chi connectivity index (χ4v) is 2.56. The van der Waals surface area contributed by atoms with Crippen LogP contribution in [0.5, 0.6) is 0 Å². The van der Waals surface area contributed by atoms with E-state index in [0.717, 1.165) is 11.5 Å². The van der Waals surface area contributed by atoms with E-state index in [-0.39, 0.29) is 5.91 Å². The molecule has 144 valence electrons. The number of nitrogens with one attached hydrogen (secondary N) is 2. The number of carbonyl (C=O) groups excluding carboxylic acids is 1. The Hall–Kier alpha value is -3.02. The van der Waals surface area contributed by atoms with Crippen molar-refractivity contribution < 1.29 is 4.79 Å². The summed E-state index contributed by atoms with van der Waals surface area (Å²) in [4.78, 5) is 19.9. The first-order chi connectivity index (χ1) is 12.9. The van der Waals surface area contributed by atoms with Crippen molar-refractivity contribution in [3.8, 4) is 0 Å². The van der Waals surface area contributed by atoms with Crippen LogP contribution in [0.3, 0.4) is 0 Å². The summed E-state index contributed by atoms with van der Waals surface area (Å²) < 4.78 is 0. The second-order valence-corrected chi connectivity index (χ2v) is 6.74. The molecule has 2 N–H and O–H groups in total. The highest BCUT2D eigenvalue weighted by molar-refractivity contribution is 5.93. The number of amides is 1. The van der Waals surface area contributed by atoms with E-state index in [0.29, 0.717) is 18.7 Å². The van der Waals surface area contributed by atoms with Crippen LogP contribution in [-0.2, 0) is 13.1 Å². The van der Waals surface area contributed by atoms with Crippen LogP contribution < -0.4 is 15.5 Å². The molecule has 0 saturated heterocycles. The SMILES string of the molecule is CN=C(NCc1ccc(C(=O)N(C)C)cc1)NCc1cccc(N(C)C)c1. The molecule has 0 aromatic heterocycles. The molecule has 0 aliphatic heterocycles. The molecule has 0 aliphatic carbocycles.